The molecule has 1 N–H and O–H groups in total. The molecule has 7 nitrogen and oxygen atoms in total. The highest BCUT2D eigenvalue weighted by Gasteiger charge is 2.30. The Kier molecular flexibility index (Phi) is 4.72. The summed E-state index contributed by atoms with van der Waals surface area (Å²) in [5.74, 6) is 2.73. The van der Waals surface area contributed by atoms with E-state index in [0.29, 0.717) is 29.0 Å². The monoisotopic (exact) mass is 427 g/mol. The van der Waals surface area contributed by atoms with E-state index in [0.717, 1.165) is 34.7 Å². The first kappa shape index (κ1) is 19.1. The summed E-state index contributed by atoms with van der Waals surface area (Å²) >= 11 is 6.43. The van der Waals surface area contributed by atoms with Gasteiger partial charge < -0.3 is 24.3 Å². The van der Waals surface area contributed by atoms with Crippen molar-refractivity contribution >= 4 is 17.3 Å². The van der Waals surface area contributed by atoms with Crippen molar-refractivity contribution in [2.45, 2.75) is 33.1 Å². The molecule has 5 rings (SSSR count). The number of fused-ring (bicyclic) bond motifs is 4. The summed E-state index contributed by atoms with van der Waals surface area (Å²) in [4.78, 5) is 4.67. The molecule has 0 spiro atoms. The summed E-state index contributed by atoms with van der Waals surface area (Å²) in [6.45, 7) is 4.74. The van der Waals surface area contributed by atoms with Crippen molar-refractivity contribution in [2.24, 2.45) is 0 Å². The van der Waals surface area contributed by atoms with Crippen LogP contribution >= 0.6 is 11.6 Å². The summed E-state index contributed by atoms with van der Waals surface area (Å²) in [5, 5.41) is 4.05. The molecule has 0 aliphatic carbocycles. The smallest absolute Gasteiger partial charge is 0.231 e. The molecule has 1 atom stereocenters. The minimum atomic E-state index is -0.352. The lowest BCUT2D eigenvalue weighted by molar-refractivity contribution is 0.0527. The molecule has 0 bridgehead atoms. The summed E-state index contributed by atoms with van der Waals surface area (Å²) < 4.78 is 24.7. The van der Waals surface area contributed by atoms with Gasteiger partial charge in [-0.15, -0.1) is 0 Å². The quantitative estimate of drug-likeness (QED) is 0.632. The highest BCUT2D eigenvalue weighted by atomic mass is 35.5. The largest absolute Gasteiger partial charge is 0.481 e. The van der Waals surface area contributed by atoms with E-state index in [1.165, 1.54) is 5.69 Å². The maximum atomic E-state index is 6.43. The SMILES string of the molecule is CCc1cc(C)c2n1-c1nc(OC)ccc1NC2OCc1cc2c(cc1Cl)OCO2. The van der Waals surface area contributed by atoms with Crippen molar-refractivity contribution in [1.29, 1.82) is 0 Å². The lowest BCUT2D eigenvalue weighted by Crippen LogP contribution is -2.26. The van der Waals surface area contributed by atoms with E-state index < -0.39 is 0 Å². The zero-order chi connectivity index (χ0) is 20.8. The van der Waals surface area contributed by atoms with Crippen LogP contribution in [0, 0.1) is 6.92 Å². The fourth-order valence-electron chi connectivity index (χ4n) is 3.95. The summed E-state index contributed by atoms with van der Waals surface area (Å²) in [6.07, 6.45) is 0.523. The Bertz CT molecular complexity index is 1130. The molecule has 0 radical (unpaired) electrons. The first-order valence-electron chi connectivity index (χ1n) is 9.81. The molecule has 2 aliphatic heterocycles. The van der Waals surface area contributed by atoms with Gasteiger partial charge in [-0.1, -0.05) is 18.5 Å². The molecule has 2 aliphatic rings. The lowest BCUT2D eigenvalue weighted by Gasteiger charge is -2.30. The van der Waals surface area contributed by atoms with Gasteiger partial charge in [0.25, 0.3) is 0 Å². The number of nitrogens with one attached hydrogen (secondary N) is 1. The van der Waals surface area contributed by atoms with Crippen LogP contribution in [0.25, 0.3) is 5.82 Å². The maximum absolute atomic E-state index is 6.43. The molecule has 1 aromatic carbocycles. The number of ether oxygens (including phenoxy) is 4. The molecule has 0 saturated heterocycles. The van der Waals surface area contributed by atoms with E-state index in [2.05, 4.69) is 34.8 Å². The van der Waals surface area contributed by atoms with Crippen LogP contribution in [0.1, 0.15) is 35.7 Å². The summed E-state index contributed by atoms with van der Waals surface area (Å²) in [5.41, 5.74) is 5.05. The van der Waals surface area contributed by atoms with E-state index in [1.807, 2.05) is 18.2 Å². The van der Waals surface area contributed by atoms with Crippen molar-refractivity contribution in [3.05, 3.63) is 57.9 Å². The molecule has 0 saturated carbocycles. The molecule has 156 valence electrons. The zero-order valence-corrected chi connectivity index (χ0v) is 17.7. The number of methoxy groups -OCH3 is 1. The third-order valence-electron chi connectivity index (χ3n) is 5.43. The van der Waals surface area contributed by atoms with Gasteiger partial charge in [-0.2, -0.15) is 4.98 Å². The molecular weight excluding hydrogens is 406 g/mol. The third-order valence-corrected chi connectivity index (χ3v) is 5.78. The average Bonchev–Trinajstić information content (AvgIpc) is 3.35. The van der Waals surface area contributed by atoms with E-state index in [9.17, 15) is 0 Å². The fraction of sp³-hybridized carbons (Fsp3) is 0.318. The number of benzene rings is 1. The number of rotatable bonds is 5. The number of aryl methyl sites for hydroxylation is 2. The topological polar surface area (TPSA) is 66.8 Å². The second-order valence-electron chi connectivity index (χ2n) is 7.25. The van der Waals surface area contributed by atoms with Gasteiger partial charge in [-0.3, -0.25) is 4.57 Å². The predicted molar refractivity (Wildman–Crippen MR) is 113 cm³/mol. The van der Waals surface area contributed by atoms with Crippen molar-refractivity contribution < 1.29 is 18.9 Å². The second kappa shape index (κ2) is 7.41. The van der Waals surface area contributed by atoms with E-state index in [1.54, 1.807) is 13.2 Å². The molecule has 8 heteroatoms. The summed E-state index contributed by atoms with van der Waals surface area (Å²) in [7, 11) is 1.62. The Morgan fingerprint density at radius 1 is 1.23 bits per heavy atom. The fourth-order valence-corrected chi connectivity index (χ4v) is 4.16. The number of halogens is 1. The van der Waals surface area contributed by atoms with E-state index >= 15 is 0 Å². The minimum Gasteiger partial charge on any atom is -0.481 e. The average molecular weight is 428 g/mol. The van der Waals surface area contributed by atoms with Crippen LogP contribution in [0.15, 0.2) is 30.3 Å². The predicted octanol–water partition coefficient (Wildman–Crippen LogP) is 4.77. The van der Waals surface area contributed by atoms with E-state index in [4.69, 9.17) is 30.5 Å². The van der Waals surface area contributed by atoms with Crippen LogP contribution in [-0.2, 0) is 17.8 Å². The highest BCUT2D eigenvalue weighted by Crippen LogP contribution is 2.40. The molecular formula is C22H22ClN3O4. The van der Waals surface area contributed by atoms with Crippen LogP contribution in [0.4, 0.5) is 5.69 Å². The summed E-state index contributed by atoms with van der Waals surface area (Å²) in [6, 6.07) is 9.62. The van der Waals surface area contributed by atoms with Crippen LogP contribution in [0.2, 0.25) is 5.02 Å². The van der Waals surface area contributed by atoms with Gasteiger partial charge in [0.15, 0.2) is 23.5 Å². The van der Waals surface area contributed by atoms with Gasteiger partial charge in [-0.25, -0.2) is 0 Å². The Morgan fingerprint density at radius 2 is 2.03 bits per heavy atom. The Labute approximate surface area is 179 Å². The van der Waals surface area contributed by atoms with Gasteiger partial charge in [-0.05, 0) is 37.1 Å². The third kappa shape index (κ3) is 3.05. The lowest BCUT2D eigenvalue weighted by atomic mass is 10.2. The molecule has 0 amide bonds. The molecule has 0 fully saturated rings. The zero-order valence-electron chi connectivity index (χ0n) is 17.0. The maximum Gasteiger partial charge on any atom is 0.231 e. The van der Waals surface area contributed by atoms with Gasteiger partial charge in [0.2, 0.25) is 12.7 Å². The first-order chi connectivity index (χ1) is 14.6. The normalized spacial score (nSPS) is 16.1. The number of hydrogen-bond acceptors (Lipinski definition) is 6. The highest BCUT2D eigenvalue weighted by molar-refractivity contribution is 6.31. The first-order valence-corrected chi connectivity index (χ1v) is 10.2. The number of hydrogen-bond donors (Lipinski definition) is 1. The number of nitrogens with zero attached hydrogens (tertiary/aromatic N) is 2. The molecule has 2 aromatic heterocycles. The number of aromatic nitrogens is 2. The Hall–Kier alpha value is -2.90. The van der Waals surface area contributed by atoms with Gasteiger partial charge in [0.05, 0.1) is 30.1 Å². The molecule has 1 unspecified atom stereocenters. The van der Waals surface area contributed by atoms with Crippen LogP contribution < -0.4 is 19.5 Å². The van der Waals surface area contributed by atoms with Crippen molar-refractivity contribution in [3.8, 4) is 23.2 Å². The molecule has 4 heterocycles. The van der Waals surface area contributed by atoms with Crippen molar-refractivity contribution in [3.63, 3.8) is 0 Å². The second-order valence-corrected chi connectivity index (χ2v) is 7.66. The Morgan fingerprint density at radius 3 is 2.80 bits per heavy atom. The molecule has 3 aromatic rings. The van der Waals surface area contributed by atoms with Crippen LogP contribution in [-0.4, -0.2) is 23.5 Å². The van der Waals surface area contributed by atoms with E-state index in [-0.39, 0.29) is 13.0 Å². The van der Waals surface area contributed by atoms with Crippen LogP contribution in [0.3, 0.4) is 0 Å². The van der Waals surface area contributed by atoms with Crippen molar-refractivity contribution in [2.75, 3.05) is 19.2 Å². The van der Waals surface area contributed by atoms with Gasteiger partial charge in [0.1, 0.15) is 0 Å². The van der Waals surface area contributed by atoms with Gasteiger partial charge in [0, 0.05) is 23.4 Å². The minimum absolute atomic E-state index is 0.208. The Balaban J connectivity index is 1.49. The molecule has 30 heavy (non-hydrogen) atoms. The van der Waals surface area contributed by atoms with Crippen LogP contribution in [0.5, 0.6) is 17.4 Å². The van der Waals surface area contributed by atoms with Crippen molar-refractivity contribution in [1.82, 2.24) is 9.55 Å². The number of pyridine rings is 1. The van der Waals surface area contributed by atoms with Gasteiger partial charge >= 0.3 is 0 Å². The standard InChI is InChI=1S/C22H22ClN3O4/c1-4-14-7-12(2)20-22(24-16-5-6-19(27-3)25-21(16)26(14)20)28-10-13-8-17-18(9-15(13)23)30-11-29-17/h5-9,22,24H,4,10-11H2,1-3H3. The number of anilines is 1.